The number of primary amides is 1. The Morgan fingerprint density at radius 1 is 1.40 bits per heavy atom. The predicted octanol–water partition coefficient (Wildman–Crippen LogP) is 1.87. The van der Waals surface area contributed by atoms with Gasteiger partial charge in [0.05, 0.1) is 5.92 Å². The largest absolute Gasteiger partial charge is 0.452 e. The number of benzene rings is 1. The van der Waals surface area contributed by atoms with Crippen molar-refractivity contribution < 1.29 is 23.5 Å². The van der Waals surface area contributed by atoms with E-state index in [0.29, 0.717) is 23.9 Å². The van der Waals surface area contributed by atoms with Crippen LogP contribution in [0.25, 0.3) is 6.08 Å². The molecule has 2 rings (SSSR count). The third-order valence-electron chi connectivity index (χ3n) is 3.87. The van der Waals surface area contributed by atoms with Gasteiger partial charge in [-0.15, -0.1) is 0 Å². The van der Waals surface area contributed by atoms with Crippen LogP contribution in [-0.2, 0) is 19.1 Å². The molecule has 1 atom stereocenters. The molecule has 0 spiro atoms. The second-order valence-corrected chi connectivity index (χ2v) is 6.60. The summed E-state index contributed by atoms with van der Waals surface area (Å²) in [6.45, 7) is 0.305. The van der Waals surface area contributed by atoms with Crippen LogP contribution in [0.15, 0.2) is 28.7 Å². The highest BCUT2D eigenvalue weighted by Crippen LogP contribution is 2.17. The van der Waals surface area contributed by atoms with E-state index in [4.69, 9.17) is 10.5 Å². The number of carbonyl (C=O) groups is 3. The van der Waals surface area contributed by atoms with E-state index in [9.17, 15) is 18.8 Å². The molecule has 6 nitrogen and oxygen atoms in total. The van der Waals surface area contributed by atoms with Crippen molar-refractivity contribution in [2.75, 3.05) is 19.7 Å². The fourth-order valence-electron chi connectivity index (χ4n) is 2.51. The second-order valence-electron chi connectivity index (χ2n) is 5.69. The molecule has 1 heterocycles. The highest BCUT2D eigenvalue weighted by Gasteiger charge is 2.27. The van der Waals surface area contributed by atoms with E-state index in [1.54, 1.807) is 6.07 Å². The van der Waals surface area contributed by atoms with Gasteiger partial charge in [0, 0.05) is 29.2 Å². The Bertz CT molecular complexity index is 708. The van der Waals surface area contributed by atoms with Crippen LogP contribution < -0.4 is 5.73 Å². The second kappa shape index (κ2) is 8.75. The molecule has 1 aliphatic rings. The van der Waals surface area contributed by atoms with Gasteiger partial charge in [0.2, 0.25) is 5.91 Å². The molecule has 1 aliphatic heterocycles. The lowest BCUT2D eigenvalue weighted by Gasteiger charge is -2.30. The molecule has 8 heteroatoms. The lowest BCUT2D eigenvalue weighted by atomic mass is 9.97. The average Bonchev–Trinajstić information content (AvgIpc) is 2.60. The first-order valence-corrected chi connectivity index (χ1v) is 8.53. The molecule has 25 heavy (non-hydrogen) atoms. The smallest absolute Gasteiger partial charge is 0.331 e. The number of ether oxygens (including phenoxy) is 1. The Hall–Kier alpha value is -2.22. The predicted molar refractivity (Wildman–Crippen MR) is 92.6 cm³/mol. The van der Waals surface area contributed by atoms with Gasteiger partial charge in [-0.05, 0) is 37.1 Å². The van der Waals surface area contributed by atoms with Crippen molar-refractivity contribution in [1.29, 1.82) is 0 Å². The maximum absolute atomic E-state index is 13.6. The first-order valence-electron chi connectivity index (χ1n) is 7.74. The number of esters is 1. The van der Waals surface area contributed by atoms with Crippen LogP contribution in [0, 0.1) is 11.7 Å². The van der Waals surface area contributed by atoms with Gasteiger partial charge in [-0.1, -0.05) is 15.9 Å². The molecule has 0 radical (unpaired) electrons. The number of likely N-dealkylation sites (tertiary alicyclic amines) is 1. The minimum absolute atomic E-state index is 0.220. The number of amides is 2. The van der Waals surface area contributed by atoms with Crippen molar-refractivity contribution in [3.63, 3.8) is 0 Å². The van der Waals surface area contributed by atoms with Crippen LogP contribution in [0.5, 0.6) is 0 Å². The summed E-state index contributed by atoms with van der Waals surface area (Å²) in [5.74, 6) is -2.42. The van der Waals surface area contributed by atoms with Crippen LogP contribution in [0.1, 0.15) is 18.4 Å². The summed E-state index contributed by atoms with van der Waals surface area (Å²) in [7, 11) is 0. The maximum atomic E-state index is 13.6. The summed E-state index contributed by atoms with van der Waals surface area (Å²) >= 11 is 3.21. The zero-order valence-electron chi connectivity index (χ0n) is 13.4. The lowest BCUT2D eigenvalue weighted by Crippen LogP contribution is -2.45. The Morgan fingerprint density at radius 3 is 2.88 bits per heavy atom. The van der Waals surface area contributed by atoms with Crippen LogP contribution in [0.4, 0.5) is 4.39 Å². The molecule has 134 valence electrons. The number of carbonyl (C=O) groups excluding carboxylic acids is 3. The van der Waals surface area contributed by atoms with Gasteiger partial charge in [-0.25, -0.2) is 9.18 Å². The molecular weight excluding hydrogens is 395 g/mol. The minimum atomic E-state index is -0.754. The van der Waals surface area contributed by atoms with E-state index in [1.165, 1.54) is 23.1 Å². The van der Waals surface area contributed by atoms with Gasteiger partial charge < -0.3 is 15.4 Å². The Balaban J connectivity index is 1.85. The van der Waals surface area contributed by atoms with Crippen molar-refractivity contribution in [2.24, 2.45) is 11.7 Å². The van der Waals surface area contributed by atoms with Gasteiger partial charge in [-0.2, -0.15) is 0 Å². The summed E-state index contributed by atoms with van der Waals surface area (Å²) in [6.07, 6.45) is 3.66. The first-order chi connectivity index (χ1) is 11.9. The molecule has 2 amide bonds. The van der Waals surface area contributed by atoms with Crippen LogP contribution in [0.2, 0.25) is 0 Å². The summed E-state index contributed by atoms with van der Waals surface area (Å²) in [5.41, 5.74) is 5.48. The normalized spacial score (nSPS) is 17.5. The van der Waals surface area contributed by atoms with Crippen LogP contribution >= 0.6 is 15.9 Å². The standard InChI is InChI=1S/C17H18BrFN2O4/c18-13-4-5-14(19)11(8-13)3-6-16(23)25-10-15(22)21-7-1-2-12(9-21)17(20)24/h3-6,8,12H,1-2,7,9-10H2,(H2,20,24)/b6-3+/t12-/m1/s1. The van der Waals surface area contributed by atoms with Gasteiger partial charge in [0.15, 0.2) is 6.61 Å². The molecule has 0 aliphatic carbocycles. The number of rotatable bonds is 5. The number of nitrogens with zero attached hydrogens (tertiary/aromatic N) is 1. The Kier molecular flexibility index (Phi) is 6.69. The molecule has 0 aromatic heterocycles. The number of hydrogen-bond donors (Lipinski definition) is 1. The van der Waals surface area contributed by atoms with Crippen LogP contribution in [0.3, 0.4) is 0 Å². The average molecular weight is 413 g/mol. The fraction of sp³-hybridized carbons (Fsp3) is 0.353. The molecule has 1 aromatic carbocycles. The van der Waals surface area contributed by atoms with E-state index in [1.807, 2.05) is 0 Å². The molecule has 2 N–H and O–H groups in total. The molecule has 1 fully saturated rings. The molecule has 0 saturated carbocycles. The van der Waals surface area contributed by atoms with Gasteiger partial charge >= 0.3 is 5.97 Å². The lowest BCUT2D eigenvalue weighted by molar-refractivity contribution is -0.149. The van der Waals surface area contributed by atoms with E-state index >= 15 is 0 Å². The zero-order valence-corrected chi connectivity index (χ0v) is 15.0. The van der Waals surface area contributed by atoms with Gasteiger partial charge in [0.1, 0.15) is 5.82 Å². The highest BCUT2D eigenvalue weighted by molar-refractivity contribution is 9.10. The number of halogens is 2. The van der Waals surface area contributed by atoms with E-state index < -0.39 is 24.3 Å². The first kappa shape index (κ1) is 19.1. The van der Waals surface area contributed by atoms with Crippen molar-refractivity contribution in [3.05, 3.63) is 40.1 Å². The summed E-state index contributed by atoms with van der Waals surface area (Å²) in [5, 5.41) is 0. The number of piperidine rings is 1. The highest BCUT2D eigenvalue weighted by atomic mass is 79.9. The van der Waals surface area contributed by atoms with E-state index in [-0.39, 0.29) is 23.9 Å². The zero-order chi connectivity index (χ0) is 18.4. The van der Waals surface area contributed by atoms with E-state index in [0.717, 1.165) is 6.08 Å². The molecule has 1 aromatic rings. The maximum Gasteiger partial charge on any atom is 0.331 e. The molecule has 1 saturated heterocycles. The van der Waals surface area contributed by atoms with Crippen molar-refractivity contribution in [2.45, 2.75) is 12.8 Å². The monoisotopic (exact) mass is 412 g/mol. The summed E-state index contributed by atoms with van der Waals surface area (Å²) in [6, 6.07) is 4.33. The van der Waals surface area contributed by atoms with Crippen molar-refractivity contribution in [1.82, 2.24) is 4.90 Å². The van der Waals surface area contributed by atoms with Crippen molar-refractivity contribution in [3.8, 4) is 0 Å². The Morgan fingerprint density at radius 2 is 2.16 bits per heavy atom. The van der Waals surface area contributed by atoms with Gasteiger partial charge in [-0.3, -0.25) is 9.59 Å². The topological polar surface area (TPSA) is 89.7 Å². The third-order valence-corrected chi connectivity index (χ3v) is 4.36. The molecule has 0 bridgehead atoms. The fourth-order valence-corrected chi connectivity index (χ4v) is 2.89. The third kappa shape index (κ3) is 5.67. The molecular formula is C17H18BrFN2O4. The number of nitrogens with two attached hydrogens (primary N) is 1. The summed E-state index contributed by atoms with van der Waals surface area (Å²) in [4.78, 5) is 36.4. The molecule has 0 unspecified atom stereocenters. The quantitative estimate of drug-likeness (QED) is 0.590. The number of hydrogen-bond acceptors (Lipinski definition) is 4. The minimum Gasteiger partial charge on any atom is -0.452 e. The van der Waals surface area contributed by atoms with Gasteiger partial charge in [0.25, 0.3) is 5.91 Å². The Labute approximate surface area is 152 Å². The van der Waals surface area contributed by atoms with E-state index in [2.05, 4.69) is 15.9 Å². The SMILES string of the molecule is NC(=O)[C@@H]1CCCN(C(=O)COC(=O)/C=C/c2cc(Br)ccc2F)C1. The van der Waals surface area contributed by atoms with Crippen molar-refractivity contribution >= 4 is 39.8 Å². The van der Waals surface area contributed by atoms with Crippen LogP contribution in [-0.4, -0.2) is 42.4 Å². The summed E-state index contributed by atoms with van der Waals surface area (Å²) < 4.78 is 19.1.